The fourth-order valence-corrected chi connectivity index (χ4v) is 12.8. The number of aliphatic hydroxyl groups is 2. The summed E-state index contributed by atoms with van der Waals surface area (Å²) >= 11 is 0. The van der Waals surface area contributed by atoms with E-state index in [1.807, 2.05) is 6.08 Å². The van der Waals surface area contributed by atoms with Crippen molar-refractivity contribution in [3.05, 3.63) is 12.2 Å². The van der Waals surface area contributed by atoms with Crippen molar-refractivity contribution in [2.75, 3.05) is 13.2 Å². The van der Waals surface area contributed by atoms with Gasteiger partial charge in [-0.2, -0.15) is 0 Å². The molecule has 3 N–H and O–H groups in total. The van der Waals surface area contributed by atoms with Crippen molar-refractivity contribution in [1.29, 1.82) is 0 Å². The van der Waals surface area contributed by atoms with E-state index in [0.717, 1.165) is 38.5 Å². The largest absolute Gasteiger partial charge is 0.466 e. The number of hydrogen-bond donors (Lipinski definition) is 3. The molecule has 0 aliphatic rings. The fourth-order valence-electron chi connectivity index (χ4n) is 12.8. The average molecular weight is 1200 g/mol. The maximum Gasteiger partial charge on any atom is 0.305 e. The Balaban J connectivity index is 3.36. The van der Waals surface area contributed by atoms with Crippen LogP contribution in [0, 0.1) is 0 Å². The van der Waals surface area contributed by atoms with Gasteiger partial charge in [0.2, 0.25) is 5.91 Å². The second-order valence-corrected chi connectivity index (χ2v) is 27.4. The van der Waals surface area contributed by atoms with Crippen molar-refractivity contribution in [1.82, 2.24) is 5.32 Å². The zero-order valence-corrected chi connectivity index (χ0v) is 58.1. The molecule has 1 amide bonds. The molecule has 0 radical (unpaired) electrons. The number of nitrogens with one attached hydrogen (secondary N) is 1. The quantitative estimate of drug-likeness (QED) is 0.0320. The smallest absolute Gasteiger partial charge is 0.305 e. The predicted molar refractivity (Wildman–Crippen MR) is 375 cm³/mol. The van der Waals surface area contributed by atoms with Gasteiger partial charge in [-0.15, -0.1) is 0 Å². The summed E-state index contributed by atoms with van der Waals surface area (Å²) < 4.78 is 5.50. The van der Waals surface area contributed by atoms with E-state index in [0.29, 0.717) is 19.4 Å². The van der Waals surface area contributed by atoms with Gasteiger partial charge in [0, 0.05) is 12.8 Å². The number of ether oxygens (including phenoxy) is 1. The Kier molecular flexibility index (Phi) is 73.8. The molecule has 6 nitrogen and oxygen atoms in total. The summed E-state index contributed by atoms with van der Waals surface area (Å²) in [5, 5.41) is 23.3. The number of amides is 1. The van der Waals surface area contributed by atoms with E-state index >= 15 is 0 Å². The van der Waals surface area contributed by atoms with Crippen LogP contribution in [0.5, 0.6) is 0 Å². The number of allylic oxidation sites excluding steroid dienone is 1. The van der Waals surface area contributed by atoms with Crippen LogP contribution in [0.3, 0.4) is 0 Å². The number of carbonyl (C=O) groups is 2. The van der Waals surface area contributed by atoms with Crippen LogP contribution in [0.25, 0.3) is 0 Å². The zero-order chi connectivity index (χ0) is 61.3. The van der Waals surface area contributed by atoms with E-state index in [-0.39, 0.29) is 18.5 Å². The van der Waals surface area contributed by atoms with E-state index < -0.39 is 12.1 Å². The molecule has 0 rings (SSSR count). The standard InChI is InChI=1S/C79H155NO5/c1-3-5-7-9-11-13-15-17-19-20-21-22-23-29-32-35-38-41-44-47-51-55-59-63-67-71-77(82)76(75-81)80-78(83)72-68-64-60-56-52-48-45-42-39-36-33-30-27-25-24-26-28-31-34-37-40-43-46-50-54-58-62-66-70-74-85-79(84)73-69-65-61-57-53-49-18-16-14-12-10-8-6-4-2/h67,71,76-77,81-82H,3-66,68-70,72-75H2,1-2H3,(H,80,83)/b71-67+. The van der Waals surface area contributed by atoms with Crippen molar-refractivity contribution in [2.24, 2.45) is 0 Å². The van der Waals surface area contributed by atoms with E-state index in [1.54, 1.807) is 6.08 Å². The predicted octanol–water partition coefficient (Wildman–Crippen LogP) is 25.9. The third kappa shape index (κ3) is 71.6. The Morgan fingerprint density at radius 3 is 0.800 bits per heavy atom. The van der Waals surface area contributed by atoms with Gasteiger partial charge in [0.1, 0.15) is 0 Å². The number of carbonyl (C=O) groups excluding carboxylic acids is 2. The van der Waals surface area contributed by atoms with Gasteiger partial charge in [0.25, 0.3) is 0 Å². The summed E-state index contributed by atoms with van der Waals surface area (Å²) in [5.74, 6) is -0.0358. The third-order valence-electron chi connectivity index (χ3n) is 18.8. The summed E-state index contributed by atoms with van der Waals surface area (Å²) in [5.41, 5.74) is 0. The lowest BCUT2D eigenvalue weighted by molar-refractivity contribution is -0.143. The molecule has 506 valence electrons. The van der Waals surface area contributed by atoms with E-state index in [9.17, 15) is 19.8 Å². The molecule has 0 fully saturated rings. The molecule has 0 saturated carbocycles. The van der Waals surface area contributed by atoms with Crippen LogP contribution in [0.1, 0.15) is 457 Å². The highest BCUT2D eigenvalue weighted by Gasteiger charge is 2.18. The SMILES string of the molecule is CCCCCCCCCCCCCCCCCCCCCCCCC/C=C/C(O)C(CO)NC(=O)CCCCCCCCCCCCCCCCCCCCCCCCCCCCCCCOC(=O)CCCCCCCCCCCCCCCC. The van der Waals surface area contributed by atoms with Crippen LogP contribution in [0.4, 0.5) is 0 Å². The van der Waals surface area contributed by atoms with Crippen LogP contribution in [-0.4, -0.2) is 47.4 Å². The highest BCUT2D eigenvalue weighted by atomic mass is 16.5. The molecule has 0 saturated heterocycles. The van der Waals surface area contributed by atoms with Crippen LogP contribution < -0.4 is 5.32 Å². The van der Waals surface area contributed by atoms with Gasteiger partial charge in [-0.25, -0.2) is 0 Å². The van der Waals surface area contributed by atoms with Crippen molar-refractivity contribution in [3.63, 3.8) is 0 Å². The Labute approximate surface area is 533 Å². The van der Waals surface area contributed by atoms with Crippen molar-refractivity contribution < 1.29 is 24.5 Å². The lowest BCUT2D eigenvalue weighted by atomic mass is 10.0. The van der Waals surface area contributed by atoms with E-state index in [1.165, 1.54) is 392 Å². The Morgan fingerprint density at radius 2 is 0.541 bits per heavy atom. The van der Waals surface area contributed by atoms with Gasteiger partial charge in [-0.05, 0) is 32.1 Å². The molecule has 0 spiro atoms. The van der Waals surface area contributed by atoms with Crippen molar-refractivity contribution in [2.45, 2.75) is 469 Å². The van der Waals surface area contributed by atoms with E-state index in [2.05, 4.69) is 19.2 Å². The van der Waals surface area contributed by atoms with E-state index in [4.69, 9.17) is 4.74 Å². The molecule has 2 unspecified atom stereocenters. The van der Waals surface area contributed by atoms with Crippen LogP contribution in [-0.2, 0) is 14.3 Å². The molecular formula is C79H155NO5. The molecule has 0 heterocycles. The molecule has 0 bridgehead atoms. The maximum absolute atomic E-state index is 12.6. The molecule has 0 aromatic heterocycles. The summed E-state index contributed by atoms with van der Waals surface area (Å²) in [6.45, 7) is 4.97. The van der Waals surface area contributed by atoms with Gasteiger partial charge >= 0.3 is 5.97 Å². The second-order valence-electron chi connectivity index (χ2n) is 27.4. The molecule has 85 heavy (non-hydrogen) atoms. The van der Waals surface area contributed by atoms with Gasteiger partial charge in [-0.3, -0.25) is 9.59 Å². The topological polar surface area (TPSA) is 95.9 Å². The minimum absolute atomic E-state index is 0.0227. The first kappa shape index (κ1) is 83.6. The van der Waals surface area contributed by atoms with Gasteiger partial charge in [0.05, 0.1) is 25.4 Å². The molecule has 6 heteroatoms. The van der Waals surface area contributed by atoms with Crippen molar-refractivity contribution >= 4 is 11.9 Å². The monoisotopic (exact) mass is 1200 g/mol. The average Bonchev–Trinajstić information content (AvgIpc) is 3.51. The number of aliphatic hydroxyl groups excluding tert-OH is 2. The molecule has 0 aliphatic carbocycles. The van der Waals surface area contributed by atoms with Gasteiger partial charge < -0.3 is 20.3 Å². The maximum atomic E-state index is 12.6. The molecule has 0 aromatic carbocycles. The first-order valence-corrected chi connectivity index (χ1v) is 39.5. The first-order valence-electron chi connectivity index (χ1n) is 39.5. The Bertz CT molecular complexity index is 1290. The number of rotatable bonds is 75. The zero-order valence-electron chi connectivity index (χ0n) is 58.1. The second kappa shape index (κ2) is 75.1. The van der Waals surface area contributed by atoms with Gasteiger partial charge in [0.15, 0.2) is 0 Å². The van der Waals surface area contributed by atoms with Crippen LogP contribution in [0.15, 0.2) is 12.2 Å². The summed E-state index contributed by atoms with van der Waals surface area (Å²) in [7, 11) is 0. The number of hydrogen-bond acceptors (Lipinski definition) is 5. The Morgan fingerprint density at radius 1 is 0.318 bits per heavy atom. The highest BCUT2D eigenvalue weighted by molar-refractivity contribution is 5.76. The summed E-state index contributed by atoms with van der Waals surface area (Å²) in [4.78, 5) is 24.6. The minimum Gasteiger partial charge on any atom is -0.466 e. The fraction of sp³-hybridized carbons (Fsp3) is 0.949. The molecule has 0 aromatic rings. The molecular weight excluding hydrogens is 1040 g/mol. The summed E-state index contributed by atoms with van der Waals surface area (Å²) in [6.07, 6.45) is 94.7. The van der Waals surface area contributed by atoms with Crippen LogP contribution >= 0.6 is 0 Å². The lowest BCUT2D eigenvalue weighted by Gasteiger charge is -2.20. The highest BCUT2D eigenvalue weighted by Crippen LogP contribution is 2.20. The first-order chi connectivity index (χ1) is 42.0. The molecule has 0 aliphatic heterocycles. The Hall–Kier alpha value is -1.40. The van der Waals surface area contributed by atoms with Gasteiger partial charge in [-0.1, -0.05) is 424 Å². The van der Waals surface area contributed by atoms with Crippen LogP contribution in [0.2, 0.25) is 0 Å². The number of unbranched alkanes of at least 4 members (excludes halogenated alkanes) is 64. The lowest BCUT2D eigenvalue weighted by Crippen LogP contribution is -2.45. The normalized spacial score (nSPS) is 12.5. The summed E-state index contributed by atoms with van der Waals surface area (Å²) in [6, 6.07) is -0.626. The molecule has 2 atom stereocenters. The number of esters is 1. The minimum atomic E-state index is -0.843. The third-order valence-corrected chi connectivity index (χ3v) is 18.8. The van der Waals surface area contributed by atoms with Crippen molar-refractivity contribution in [3.8, 4) is 0 Å².